The minimum absolute atomic E-state index is 0.136. The van der Waals surface area contributed by atoms with Gasteiger partial charge < -0.3 is 15.8 Å². The first-order valence-corrected chi connectivity index (χ1v) is 5.50. The Morgan fingerprint density at radius 1 is 1.44 bits per heavy atom. The van der Waals surface area contributed by atoms with Crippen LogP contribution in [0.15, 0.2) is 18.2 Å². The van der Waals surface area contributed by atoms with Gasteiger partial charge in [-0.3, -0.25) is 4.79 Å². The Balaban J connectivity index is 2.44. The largest absolute Gasteiger partial charge is 0.380 e. The zero-order valence-electron chi connectivity index (χ0n) is 10.1. The fourth-order valence-electron chi connectivity index (χ4n) is 1.39. The molecule has 0 heterocycles. The second-order valence-corrected chi connectivity index (χ2v) is 3.82. The van der Waals surface area contributed by atoms with Gasteiger partial charge >= 0.3 is 0 Å². The number of carbonyl (C=O) groups is 1. The van der Waals surface area contributed by atoms with Crippen molar-refractivity contribution in [2.75, 3.05) is 13.7 Å². The fourth-order valence-corrected chi connectivity index (χ4v) is 1.39. The molecule has 0 saturated carbocycles. The van der Waals surface area contributed by atoms with E-state index in [1.807, 2.05) is 0 Å². The summed E-state index contributed by atoms with van der Waals surface area (Å²) < 4.78 is 30.5. The molecule has 0 aliphatic carbocycles. The summed E-state index contributed by atoms with van der Waals surface area (Å²) in [5, 5.41) is 2.58. The lowest BCUT2D eigenvalue weighted by Crippen LogP contribution is -2.31. The smallest absolute Gasteiger partial charge is 0.222 e. The van der Waals surface area contributed by atoms with E-state index < -0.39 is 11.6 Å². The van der Waals surface area contributed by atoms with Gasteiger partial charge in [-0.05, 0) is 17.7 Å². The van der Waals surface area contributed by atoms with Crippen molar-refractivity contribution >= 4 is 5.91 Å². The van der Waals surface area contributed by atoms with Crippen LogP contribution in [0.5, 0.6) is 0 Å². The molecular weight excluding hydrogens is 242 g/mol. The monoisotopic (exact) mass is 258 g/mol. The lowest BCUT2D eigenvalue weighted by molar-refractivity contribution is -0.123. The van der Waals surface area contributed by atoms with Crippen LogP contribution in [0.2, 0.25) is 0 Å². The zero-order valence-corrected chi connectivity index (χ0v) is 10.1. The van der Waals surface area contributed by atoms with Crippen molar-refractivity contribution in [1.82, 2.24) is 5.32 Å². The van der Waals surface area contributed by atoms with Crippen LogP contribution >= 0.6 is 0 Å². The van der Waals surface area contributed by atoms with E-state index in [0.717, 1.165) is 12.1 Å². The van der Waals surface area contributed by atoms with Crippen LogP contribution in [-0.2, 0) is 16.1 Å². The number of amides is 1. The van der Waals surface area contributed by atoms with Crippen molar-refractivity contribution in [2.45, 2.75) is 19.1 Å². The highest BCUT2D eigenvalue weighted by Crippen LogP contribution is 2.08. The number of halogens is 2. The van der Waals surface area contributed by atoms with E-state index in [9.17, 15) is 13.6 Å². The van der Waals surface area contributed by atoms with Crippen LogP contribution in [0, 0.1) is 11.6 Å². The summed E-state index contributed by atoms with van der Waals surface area (Å²) in [5.74, 6) is -2.09. The lowest BCUT2D eigenvalue weighted by Gasteiger charge is -2.12. The average Bonchev–Trinajstić information content (AvgIpc) is 2.37. The number of carbonyl (C=O) groups excluding carboxylic acids is 1. The molecule has 4 nitrogen and oxygen atoms in total. The Morgan fingerprint density at radius 2 is 2.17 bits per heavy atom. The first-order valence-electron chi connectivity index (χ1n) is 5.50. The molecule has 0 radical (unpaired) electrons. The summed E-state index contributed by atoms with van der Waals surface area (Å²) in [4.78, 5) is 11.5. The first-order chi connectivity index (χ1) is 8.56. The minimum atomic E-state index is -0.932. The van der Waals surface area contributed by atoms with Gasteiger partial charge in [-0.2, -0.15) is 0 Å². The second-order valence-electron chi connectivity index (χ2n) is 3.82. The molecule has 100 valence electrons. The average molecular weight is 258 g/mol. The van der Waals surface area contributed by atoms with Crippen LogP contribution in [0.3, 0.4) is 0 Å². The van der Waals surface area contributed by atoms with Crippen molar-refractivity contribution in [1.29, 1.82) is 0 Å². The maximum atomic E-state index is 12.9. The normalized spacial score (nSPS) is 12.2. The summed E-state index contributed by atoms with van der Waals surface area (Å²) in [7, 11) is 1.47. The molecule has 0 spiro atoms. The maximum Gasteiger partial charge on any atom is 0.222 e. The molecule has 0 aromatic heterocycles. The third kappa shape index (κ3) is 4.38. The summed E-state index contributed by atoms with van der Waals surface area (Å²) in [6.45, 7) is 0.381. The summed E-state index contributed by atoms with van der Waals surface area (Å²) in [5.41, 5.74) is 5.87. The van der Waals surface area contributed by atoms with Crippen LogP contribution in [0.4, 0.5) is 8.78 Å². The number of hydrogen-bond acceptors (Lipinski definition) is 3. The molecule has 1 amide bonds. The molecule has 1 atom stereocenters. The van der Waals surface area contributed by atoms with Gasteiger partial charge in [0.25, 0.3) is 0 Å². The van der Waals surface area contributed by atoms with Gasteiger partial charge in [0.1, 0.15) is 0 Å². The molecule has 1 aromatic carbocycles. The van der Waals surface area contributed by atoms with E-state index in [1.165, 1.54) is 13.2 Å². The van der Waals surface area contributed by atoms with E-state index in [2.05, 4.69) is 5.32 Å². The molecular formula is C12H16F2N2O2. The Morgan fingerprint density at radius 3 is 2.72 bits per heavy atom. The predicted octanol–water partition coefficient (Wildman–Crippen LogP) is 0.945. The van der Waals surface area contributed by atoms with Crippen LogP contribution in [-0.4, -0.2) is 25.7 Å². The molecule has 3 N–H and O–H groups in total. The van der Waals surface area contributed by atoms with Crippen LogP contribution in [0.1, 0.15) is 12.0 Å². The lowest BCUT2D eigenvalue weighted by atomic mass is 10.2. The summed E-state index contributed by atoms with van der Waals surface area (Å²) in [6.07, 6.45) is -0.202. The van der Waals surface area contributed by atoms with E-state index in [0.29, 0.717) is 5.56 Å². The third-order valence-electron chi connectivity index (χ3n) is 2.48. The number of methoxy groups -OCH3 is 1. The molecule has 0 aliphatic rings. The Hall–Kier alpha value is -1.53. The van der Waals surface area contributed by atoms with E-state index >= 15 is 0 Å². The van der Waals surface area contributed by atoms with Gasteiger partial charge in [0, 0.05) is 20.2 Å². The van der Waals surface area contributed by atoms with Crippen molar-refractivity contribution in [3.63, 3.8) is 0 Å². The molecule has 0 saturated heterocycles. The number of nitrogens with two attached hydrogens (primary N) is 1. The Bertz CT molecular complexity index is 409. The third-order valence-corrected chi connectivity index (χ3v) is 2.48. The Labute approximate surface area is 104 Å². The van der Waals surface area contributed by atoms with Gasteiger partial charge in [0.2, 0.25) is 5.91 Å². The van der Waals surface area contributed by atoms with E-state index in [-0.39, 0.29) is 31.5 Å². The van der Waals surface area contributed by atoms with Gasteiger partial charge in [0.05, 0.1) is 12.5 Å². The number of rotatable bonds is 6. The van der Waals surface area contributed by atoms with Crippen molar-refractivity contribution in [2.24, 2.45) is 5.73 Å². The van der Waals surface area contributed by atoms with Crippen LogP contribution in [0.25, 0.3) is 0 Å². The van der Waals surface area contributed by atoms with Crippen molar-refractivity contribution in [3.8, 4) is 0 Å². The number of ether oxygens (including phenoxy) is 1. The van der Waals surface area contributed by atoms with Gasteiger partial charge in [-0.1, -0.05) is 6.07 Å². The molecule has 0 fully saturated rings. The number of nitrogens with one attached hydrogen (secondary N) is 1. The topological polar surface area (TPSA) is 64.3 Å². The van der Waals surface area contributed by atoms with Gasteiger partial charge in [-0.15, -0.1) is 0 Å². The van der Waals surface area contributed by atoms with Crippen molar-refractivity contribution < 1.29 is 18.3 Å². The van der Waals surface area contributed by atoms with Gasteiger partial charge in [-0.25, -0.2) is 8.78 Å². The molecule has 0 bridgehead atoms. The van der Waals surface area contributed by atoms with Gasteiger partial charge in [0.15, 0.2) is 11.6 Å². The molecule has 1 aromatic rings. The molecule has 18 heavy (non-hydrogen) atoms. The minimum Gasteiger partial charge on any atom is -0.380 e. The standard InChI is InChI=1S/C12H16F2N2O2/c1-18-9(6-15)5-12(17)16-7-8-2-3-10(13)11(14)4-8/h2-4,9H,5-7,15H2,1H3,(H,16,17). The van der Waals surface area contributed by atoms with Crippen molar-refractivity contribution in [3.05, 3.63) is 35.4 Å². The predicted molar refractivity (Wildman–Crippen MR) is 62.7 cm³/mol. The SMILES string of the molecule is COC(CN)CC(=O)NCc1ccc(F)c(F)c1. The molecule has 1 unspecified atom stereocenters. The van der Waals surface area contributed by atoms with Crippen LogP contribution < -0.4 is 11.1 Å². The summed E-state index contributed by atoms with van der Waals surface area (Å²) in [6, 6.07) is 3.48. The second kappa shape index (κ2) is 7.03. The number of benzene rings is 1. The highest BCUT2D eigenvalue weighted by Gasteiger charge is 2.11. The van der Waals surface area contributed by atoms with E-state index in [1.54, 1.807) is 0 Å². The summed E-state index contributed by atoms with van der Waals surface area (Å²) >= 11 is 0. The highest BCUT2D eigenvalue weighted by molar-refractivity contribution is 5.76. The Kier molecular flexibility index (Phi) is 5.67. The quantitative estimate of drug-likeness (QED) is 0.798. The first kappa shape index (κ1) is 14.5. The van der Waals surface area contributed by atoms with E-state index in [4.69, 9.17) is 10.5 Å². The maximum absolute atomic E-state index is 12.9. The highest BCUT2D eigenvalue weighted by atomic mass is 19.2. The molecule has 0 aliphatic heterocycles. The zero-order chi connectivity index (χ0) is 13.5. The number of hydrogen-bond donors (Lipinski definition) is 2. The molecule has 1 rings (SSSR count). The fraction of sp³-hybridized carbons (Fsp3) is 0.417. The molecule has 6 heteroatoms.